The van der Waals surface area contributed by atoms with E-state index in [1.54, 1.807) is 18.2 Å². The molecule has 0 aliphatic carbocycles. The number of carbonyl (C=O) groups excluding carboxylic acids is 3. The van der Waals surface area contributed by atoms with Gasteiger partial charge in [-0.2, -0.15) is 0 Å². The molecular weight excluding hydrogens is 475 g/mol. The van der Waals surface area contributed by atoms with Gasteiger partial charge in [0.25, 0.3) is 0 Å². The van der Waals surface area contributed by atoms with Crippen molar-refractivity contribution in [2.45, 2.75) is 13.3 Å². The van der Waals surface area contributed by atoms with Gasteiger partial charge in [0.15, 0.2) is 5.76 Å². The van der Waals surface area contributed by atoms with Gasteiger partial charge in [-0.3, -0.25) is 14.5 Å². The largest absolute Gasteiger partial charge is 0.452 e. The van der Waals surface area contributed by atoms with Gasteiger partial charge in [0.05, 0.1) is 11.4 Å². The van der Waals surface area contributed by atoms with E-state index in [4.69, 9.17) is 33.4 Å². The maximum Gasteiger partial charge on any atom is 0.321 e. The number of halogens is 2. The molecule has 0 radical (unpaired) electrons. The quantitative estimate of drug-likeness (QED) is 0.343. The molecule has 0 spiro atoms. The summed E-state index contributed by atoms with van der Waals surface area (Å²) in [6.07, 6.45) is 0.0376. The molecule has 0 saturated carbocycles. The van der Waals surface area contributed by atoms with Crippen LogP contribution >= 0.6 is 23.2 Å². The third-order valence-electron chi connectivity index (χ3n) is 5.64. The Morgan fingerprint density at radius 3 is 2.41 bits per heavy atom. The van der Waals surface area contributed by atoms with E-state index in [1.165, 1.54) is 13.1 Å². The Morgan fingerprint density at radius 2 is 1.71 bits per heavy atom. The second-order valence-corrected chi connectivity index (χ2v) is 8.73. The summed E-state index contributed by atoms with van der Waals surface area (Å²) in [5.74, 6) is -0.507. The first-order valence-corrected chi connectivity index (χ1v) is 11.1. The summed E-state index contributed by atoms with van der Waals surface area (Å²) >= 11 is 12.2. The molecule has 3 aromatic carbocycles. The summed E-state index contributed by atoms with van der Waals surface area (Å²) in [7, 11) is 1.35. The van der Waals surface area contributed by atoms with Crippen LogP contribution < -0.4 is 5.73 Å². The average Bonchev–Trinajstić information content (AvgIpc) is 3.14. The third-order valence-corrected chi connectivity index (χ3v) is 6.19. The van der Waals surface area contributed by atoms with Crippen LogP contribution in [0.3, 0.4) is 0 Å². The number of amides is 3. The zero-order valence-corrected chi connectivity index (χ0v) is 19.9. The first-order chi connectivity index (χ1) is 16.2. The van der Waals surface area contributed by atoms with Crippen molar-refractivity contribution in [1.29, 1.82) is 0 Å². The summed E-state index contributed by atoms with van der Waals surface area (Å²) in [5, 5.41) is 1.51. The number of nitrogens with two attached hydrogens (primary N) is 1. The van der Waals surface area contributed by atoms with Crippen molar-refractivity contribution in [3.8, 4) is 11.1 Å². The molecule has 3 amide bonds. The lowest BCUT2D eigenvalue weighted by Gasteiger charge is -2.12. The molecule has 0 unspecified atom stereocenters. The van der Waals surface area contributed by atoms with Gasteiger partial charge in [-0.05, 0) is 47.9 Å². The monoisotopic (exact) mass is 494 g/mol. The molecule has 1 heterocycles. The Labute approximate surface area is 205 Å². The van der Waals surface area contributed by atoms with Crippen molar-refractivity contribution in [2.75, 3.05) is 7.05 Å². The number of nitrogens with zero attached hydrogens (tertiary/aromatic N) is 1. The number of likely N-dealkylation sites (N-methyl/N-ethyl adjacent to an activating group) is 1. The van der Waals surface area contributed by atoms with Gasteiger partial charge >= 0.3 is 6.03 Å². The van der Waals surface area contributed by atoms with Crippen LogP contribution in [0.1, 0.15) is 27.2 Å². The van der Waals surface area contributed by atoms with Gasteiger partial charge in [0.2, 0.25) is 11.7 Å². The number of hydrogen-bond acceptors (Lipinski definition) is 4. The number of aryl methyl sites for hydroxylation is 1. The summed E-state index contributed by atoms with van der Waals surface area (Å²) in [4.78, 5) is 37.4. The van der Waals surface area contributed by atoms with Crippen LogP contribution in [-0.2, 0) is 11.2 Å². The molecule has 0 saturated heterocycles. The predicted octanol–water partition coefficient (Wildman–Crippen LogP) is 6.03. The molecule has 0 bridgehead atoms. The number of furan rings is 1. The number of imide groups is 1. The summed E-state index contributed by atoms with van der Waals surface area (Å²) < 4.78 is 5.96. The highest BCUT2D eigenvalue weighted by atomic mass is 35.5. The maximum atomic E-state index is 13.1. The second kappa shape index (κ2) is 9.33. The average molecular weight is 495 g/mol. The maximum absolute atomic E-state index is 13.1. The first kappa shape index (κ1) is 23.5. The molecule has 4 rings (SSSR count). The fourth-order valence-electron chi connectivity index (χ4n) is 3.69. The highest BCUT2D eigenvalue weighted by Crippen LogP contribution is 2.33. The van der Waals surface area contributed by atoms with Gasteiger partial charge in [0, 0.05) is 28.6 Å². The lowest BCUT2D eigenvalue weighted by atomic mass is 9.99. The number of fused-ring (bicyclic) bond motifs is 1. The lowest BCUT2D eigenvalue weighted by Crippen LogP contribution is -2.38. The fourth-order valence-corrected chi connectivity index (χ4v) is 4.19. The van der Waals surface area contributed by atoms with E-state index < -0.39 is 11.9 Å². The Morgan fingerprint density at radius 1 is 0.971 bits per heavy atom. The lowest BCUT2D eigenvalue weighted by molar-refractivity contribution is -0.126. The SMILES string of the molecule is Cc1c(C(=O)c2ccc(Cl)cc2Cl)oc2cc(-c3cccc(CC(=O)N(C)C(N)=O)c3)ccc12. The standard InChI is InChI=1S/C26H20Cl2N2O4/c1-14-19-8-6-17(16-5-3-4-15(10-16)11-23(31)30(2)26(29)33)12-22(19)34-25(14)24(32)20-9-7-18(27)13-21(20)28/h3-10,12-13H,11H2,1-2H3,(H2,29,33). The number of primary amides is 1. The molecule has 2 N–H and O–H groups in total. The van der Waals surface area contributed by atoms with Crippen molar-refractivity contribution in [1.82, 2.24) is 4.90 Å². The minimum Gasteiger partial charge on any atom is -0.452 e. The molecule has 0 fully saturated rings. The molecule has 6 nitrogen and oxygen atoms in total. The molecule has 34 heavy (non-hydrogen) atoms. The van der Waals surface area contributed by atoms with Crippen LogP contribution in [0.25, 0.3) is 22.1 Å². The first-order valence-electron chi connectivity index (χ1n) is 10.3. The number of carbonyl (C=O) groups is 3. The van der Waals surface area contributed by atoms with Gasteiger partial charge in [0.1, 0.15) is 5.58 Å². The molecule has 0 atom stereocenters. The Hall–Kier alpha value is -3.61. The van der Waals surface area contributed by atoms with Crippen LogP contribution in [0, 0.1) is 6.92 Å². The second-order valence-electron chi connectivity index (χ2n) is 7.89. The van der Waals surface area contributed by atoms with Crippen molar-refractivity contribution in [3.05, 3.63) is 93.2 Å². The van der Waals surface area contributed by atoms with Gasteiger partial charge in [-0.15, -0.1) is 0 Å². The predicted molar refractivity (Wildman–Crippen MR) is 132 cm³/mol. The van der Waals surface area contributed by atoms with Crippen molar-refractivity contribution in [3.63, 3.8) is 0 Å². The van der Waals surface area contributed by atoms with Crippen LogP contribution in [0.4, 0.5) is 4.79 Å². The molecule has 4 aromatic rings. The smallest absolute Gasteiger partial charge is 0.321 e. The van der Waals surface area contributed by atoms with Crippen molar-refractivity contribution in [2.24, 2.45) is 5.73 Å². The van der Waals surface area contributed by atoms with E-state index in [9.17, 15) is 14.4 Å². The Balaban J connectivity index is 1.67. The number of urea groups is 1. The third kappa shape index (κ3) is 4.55. The summed E-state index contributed by atoms with van der Waals surface area (Å²) in [6.45, 7) is 1.82. The van der Waals surface area contributed by atoms with Crippen LogP contribution in [0.2, 0.25) is 10.0 Å². The van der Waals surface area contributed by atoms with Gasteiger partial charge in [-0.25, -0.2) is 4.79 Å². The normalized spacial score (nSPS) is 10.9. The van der Waals surface area contributed by atoms with E-state index in [-0.39, 0.29) is 23.0 Å². The highest BCUT2D eigenvalue weighted by Gasteiger charge is 2.22. The number of rotatable bonds is 5. The van der Waals surface area contributed by atoms with Crippen molar-refractivity contribution >= 4 is 51.9 Å². The summed E-state index contributed by atoms with van der Waals surface area (Å²) in [6, 6.07) is 17.0. The Bertz CT molecular complexity index is 1460. The minimum atomic E-state index is -0.801. The summed E-state index contributed by atoms with van der Waals surface area (Å²) in [5.41, 5.74) is 9.19. The fraction of sp³-hybridized carbons (Fsp3) is 0.115. The zero-order valence-electron chi connectivity index (χ0n) is 18.4. The Kier molecular flexibility index (Phi) is 6.46. The van der Waals surface area contributed by atoms with E-state index in [2.05, 4.69) is 0 Å². The topological polar surface area (TPSA) is 93.6 Å². The number of benzene rings is 3. The van der Waals surface area contributed by atoms with Gasteiger partial charge in [-0.1, -0.05) is 59.6 Å². The van der Waals surface area contributed by atoms with E-state index in [0.717, 1.165) is 27.0 Å². The van der Waals surface area contributed by atoms with E-state index in [0.29, 0.717) is 21.7 Å². The molecule has 1 aromatic heterocycles. The van der Waals surface area contributed by atoms with Crippen LogP contribution in [-0.4, -0.2) is 29.7 Å². The molecule has 8 heteroatoms. The van der Waals surface area contributed by atoms with Crippen LogP contribution in [0.15, 0.2) is 65.1 Å². The van der Waals surface area contributed by atoms with Crippen molar-refractivity contribution < 1.29 is 18.8 Å². The van der Waals surface area contributed by atoms with E-state index in [1.807, 2.05) is 43.3 Å². The molecule has 172 valence electrons. The van der Waals surface area contributed by atoms with Crippen LogP contribution in [0.5, 0.6) is 0 Å². The number of hydrogen-bond donors (Lipinski definition) is 1. The molecule has 0 aliphatic rings. The van der Waals surface area contributed by atoms with E-state index >= 15 is 0 Å². The molecular formula is C26H20Cl2N2O4. The minimum absolute atomic E-state index is 0.0376. The zero-order chi connectivity index (χ0) is 24.6. The highest BCUT2D eigenvalue weighted by molar-refractivity contribution is 6.37. The number of ketones is 1. The molecule has 0 aliphatic heterocycles. The van der Waals surface area contributed by atoms with Gasteiger partial charge < -0.3 is 10.2 Å².